The van der Waals surface area contributed by atoms with Crippen LogP contribution in [0.2, 0.25) is 0 Å². The minimum atomic E-state index is -1.08. The number of hydrogen-bond donors (Lipinski definition) is 1. The largest absolute Gasteiger partial charge is 0.494 e. The Balaban J connectivity index is 2.07. The van der Waals surface area contributed by atoms with Gasteiger partial charge >= 0.3 is 5.97 Å². The third-order valence-electron chi connectivity index (χ3n) is 3.26. The number of aromatic nitrogens is 1. The number of carboxylic acids is 1. The fourth-order valence-corrected chi connectivity index (χ4v) is 2.05. The van der Waals surface area contributed by atoms with Gasteiger partial charge in [0.25, 0.3) is 0 Å². The SMILES string of the molecule is CCCCCOc1ccc(-c2onc(C(=O)O)c2C)cc1. The van der Waals surface area contributed by atoms with Gasteiger partial charge in [-0.05, 0) is 37.6 Å². The lowest BCUT2D eigenvalue weighted by Gasteiger charge is -2.06. The van der Waals surface area contributed by atoms with E-state index in [4.69, 9.17) is 14.4 Å². The molecule has 0 spiro atoms. The van der Waals surface area contributed by atoms with Gasteiger partial charge in [-0.15, -0.1) is 0 Å². The second-order valence-electron chi connectivity index (χ2n) is 4.87. The Morgan fingerprint density at radius 2 is 2.00 bits per heavy atom. The number of hydrogen-bond acceptors (Lipinski definition) is 4. The summed E-state index contributed by atoms with van der Waals surface area (Å²) in [4.78, 5) is 10.9. The van der Waals surface area contributed by atoms with Crippen LogP contribution in [-0.2, 0) is 0 Å². The van der Waals surface area contributed by atoms with Crippen molar-refractivity contribution in [2.45, 2.75) is 33.1 Å². The monoisotopic (exact) mass is 289 g/mol. The molecule has 5 heteroatoms. The maximum absolute atomic E-state index is 10.9. The molecule has 21 heavy (non-hydrogen) atoms. The molecule has 112 valence electrons. The van der Waals surface area contributed by atoms with Crippen molar-refractivity contribution in [1.82, 2.24) is 5.16 Å². The molecule has 1 aromatic carbocycles. The highest BCUT2D eigenvalue weighted by Crippen LogP contribution is 2.27. The molecule has 0 saturated carbocycles. The summed E-state index contributed by atoms with van der Waals surface area (Å²) in [6, 6.07) is 7.38. The van der Waals surface area contributed by atoms with E-state index in [1.165, 1.54) is 6.42 Å². The highest BCUT2D eigenvalue weighted by molar-refractivity contribution is 5.88. The zero-order valence-electron chi connectivity index (χ0n) is 12.3. The van der Waals surface area contributed by atoms with E-state index in [0.717, 1.165) is 24.2 Å². The average molecular weight is 289 g/mol. The summed E-state index contributed by atoms with van der Waals surface area (Å²) >= 11 is 0. The molecule has 0 aliphatic rings. The first-order valence-corrected chi connectivity index (χ1v) is 7.06. The van der Waals surface area contributed by atoms with E-state index in [1.54, 1.807) is 6.92 Å². The van der Waals surface area contributed by atoms with Crippen molar-refractivity contribution in [2.75, 3.05) is 6.61 Å². The summed E-state index contributed by atoms with van der Waals surface area (Å²) in [7, 11) is 0. The lowest BCUT2D eigenvalue weighted by Crippen LogP contribution is -1.98. The number of carbonyl (C=O) groups is 1. The van der Waals surface area contributed by atoms with Gasteiger partial charge < -0.3 is 14.4 Å². The molecule has 2 aromatic rings. The van der Waals surface area contributed by atoms with E-state index < -0.39 is 5.97 Å². The Morgan fingerprint density at radius 3 is 2.57 bits per heavy atom. The molecule has 0 amide bonds. The molecule has 2 rings (SSSR count). The summed E-state index contributed by atoms with van der Waals surface area (Å²) in [5, 5.41) is 12.5. The van der Waals surface area contributed by atoms with Crippen LogP contribution in [-0.4, -0.2) is 22.8 Å². The van der Waals surface area contributed by atoms with Gasteiger partial charge in [-0.3, -0.25) is 0 Å². The molecule has 1 heterocycles. The number of unbranched alkanes of at least 4 members (excludes halogenated alkanes) is 2. The fourth-order valence-electron chi connectivity index (χ4n) is 2.05. The maximum Gasteiger partial charge on any atom is 0.358 e. The zero-order chi connectivity index (χ0) is 15.2. The second kappa shape index (κ2) is 6.92. The first-order chi connectivity index (χ1) is 10.1. The molecule has 1 aromatic heterocycles. The van der Waals surface area contributed by atoms with Crippen molar-refractivity contribution >= 4 is 5.97 Å². The van der Waals surface area contributed by atoms with E-state index in [2.05, 4.69) is 12.1 Å². The predicted octanol–water partition coefficient (Wildman–Crippen LogP) is 3.92. The van der Waals surface area contributed by atoms with Crippen LogP contribution in [0.15, 0.2) is 28.8 Å². The van der Waals surface area contributed by atoms with Gasteiger partial charge in [0.2, 0.25) is 0 Å². The summed E-state index contributed by atoms with van der Waals surface area (Å²) in [5.74, 6) is 0.189. The number of ether oxygens (including phenoxy) is 1. The van der Waals surface area contributed by atoms with Crippen LogP contribution >= 0.6 is 0 Å². The molecule has 0 aliphatic heterocycles. The quantitative estimate of drug-likeness (QED) is 0.782. The lowest BCUT2D eigenvalue weighted by atomic mass is 10.1. The van der Waals surface area contributed by atoms with Crippen LogP contribution in [0, 0.1) is 6.92 Å². The Morgan fingerprint density at radius 1 is 1.29 bits per heavy atom. The standard InChI is InChI=1S/C16H19NO4/c1-3-4-5-10-20-13-8-6-12(7-9-13)15-11(2)14(16(18)19)17-21-15/h6-9H,3-5,10H2,1-2H3,(H,18,19). The molecule has 0 aliphatic carbocycles. The average Bonchev–Trinajstić information content (AvgIpc) is 2.86. The normalized spacial score (nSPS) is 10.6. The molecule has 0 bridgehead atoms. The summed E-state index contributed by atoms with van der Waals surface area (Å²) in [6.45, 7) is 4.54. The van der Waals surface area contributed by atoms with Crippen molar-refractivity contribution in [2.24, 2.45) is 0 Å². The highest BCUT2D eigenvalue weighted by atomic mass is 16.5. The van der Waals surface area contributed by atoms with Gasteiger partial charge in [0.15, 0.2) is 11.5 Å². The Kier molecular flexibility index (Phi) is 4.98. The van der Waals surface area contributed by atoms with Crippen LogP contribution in [0.25, 0.3) is 11.3 Å². The van der Waals surface area contributed by atoms with Gasteiger partial charge in [0.1, 0.15) is 5.75 Å². The third-order valence-corrected chi connectivity index (χ3v) is 3.26. The number of benzene rings is 1. The van der Waals surface area contributed by atoms with Crippen molar-refractivity contribution < 1.29 is 19.2 Å². The zero-order valence-corrected chi connectivity index (χ0v) is 12.3. The van der Waals surface area contributed by atoms with Crippen LogP contribution in [0.1, 0.15) is 42.2 Å². The number of rotatable bonds is 7. The van der Waals surface area contributed by atoms with E-state index in [9.17, 15) is 4.79 Å². The summed E-state index contributed by atoms with van der Waals surface area (Å²) in [6.07, 6.45) is 3.37. The van der Waals surface area contributed by atoms with Crippen molar-refractivity contribution in [1.29, 1.82) is 0 Å². The van der Waals surface area contributed by atoms with Gasteiger partial charge in [0, 0.05) is 11.1 Å². The van der Waals surface area contributed by atoms with Crippen LogP contribution in [0.5, 0.6) is 5.75 Å². The highest BCUT2D eigenvalue weighted by Gasteiger charge is 2.18. The maximum atomic E-state index is 10.9. The Bertz CT molecular complexity index is 601. The second-order valence-corrected chi connectivity index (χ2v) is 4.87. The van der Waals surface area contributed by atoms with Gasteiger partial charge in [0.05, 0.1) is 6.61 Å². The van der Waals surface area contributed by atoms with Crippen molar-refractivity contribution in [3.05, 3.63) is 35.5 Å². The number of carboxylic acid groups (broad SMARTS) is 1. The van der Waals surface area contributed by atoms with E-state index in [0.29, 0.717) is 17.9 Å². The topological polar surface area (TPSA) is 72.6 Å². The Hall–Kier alpha value is -2.30. The molecular formula is C16H19NO4. The predicted molar refractivity (Wildman–Crippen MR) is 78.7 cm³/mol. The third kappa shape index (κ3) is 3.62. The summed E-state index contributed by atoms with van der Waals surface area (Å²) < 4.78 is 10.8. The van der Waals surface area contributed by atoms with Crippen molar-refractivity contribution in [3.8, 4) is 17.1 Å². The van der Waals surface area contributed by atoms with E-state index in [1.807, 2.05) is 24.3 Å². The molecule has 0 radical (unpaired) electrons. The van der Waals surface area contributed by atoms with Crippen LogP contribution < -0.4 is 4.74 Å². The molecule has 0 saturated heterocycles. The molecule has 1 N–H and O–H groups in total. The molecular weight excluding hydrogens is 270 g/mol. The number of aromatic carboxylic acids is 1. The first-order valence-electron chi connectivity index (χ1n) is 7.06. The number of nitrogens with zero attached hydrogens (tertiary/aromatic N) is 1. The van der Waals surface area contributed by atoms with Gasteiger partial charge in [-0.1, -0.05) is 24.9 Å². The first kappa shape index (κ1) is 15.1. The molecule has 5 nitrogen and oxygen atoms in total. The van der Waals surface area contributed by atoms with Crippen LogP contribution in [0.4, 0.5) is 0 Å². The summed E-state index contributed by atoms with van der Waals surface area (Å²) in [5.41, 5.74) is 1.26. The van der Waals surface area contributed by atoms with Crippen molar-refractivity contribution in [3.63, 3.8) is 0 Å². The fraction of sp³-hybridized carbons (Fsp3) is 0.375. The molecule has 0 fully saturated rings. The minimum Gasteiger partial charge on any atom is -0.494 e. The molecule has 0 atom stereocenters. The van der Waals surface area contributed by atoms with Crippen LogP contribution in [0.3, 0.4) is 0 Å². The van der Waals surface area contributed by atoms with E-state index >= 15 is 0 Å². The smallest absolute Gasteiger partial charge is 0.358 e. The Labute approximate surface area is 123 Å². The lowest BCUT2D eigenvalue weighted by molar-refractivity contribution is 0.0685. The van der Waals surface area contributed by atoms with Gasteiger partial charge in [-0.25, -0.2) is 4.79 Å². The molecule has 0 unspecified atom stereocenters. The van der Waals surface area contributed by atoms with E-state index in [-0.39, 0.29) is 5.69 Å². The minimum absolute atomic E-state index is 0.0510. The van der Waals surface area contributed by atoms with Gasteiger partial charge in [-0.2, -0.15) is 0 Å².